The fourth-order valence-corrected chi connectivity index (χ4v) is 12.9. The topological polar surface area (TPSA) is 237 Å². The number of rotatable bonds is 78. The monoisotopic (exact) mass is 1480 g/mol. The van der Waals surface area contributed by atoms with Gasteiger partial charge in [-0.15, -0.1) is 0 Å². The number of esters is 4. The summed E-state index contributed by atoms with van der Waals surface area (Å²) in [5.74, 6) is -2.22. The average Bonchev–Trinajstić information content (AvgIpc) is 0.917. The summed E-state index contributed by atoms with van der Waals surface area (Å²) in [5, 5.41) is 10.6. The van der Waals surface area contributed by atoms with Gasteiger partial charge in [0.05, 0.1) is 26.4 Å². The van der Waals surface area contributed by atoms with Crippen molar-refractivity contribution < 1.29 is 80.2 Å². The molecule has 0 aliphatic carbocycles. The average molecular weight is 1480 g/mol. The number of aliphatic hydroxyl groups excluding tert-OH is 1. The first-order chi connectivity index (χ1) is 49.7. The molecule has 2 unspecified atom stereocenters. The van der Waals surface area contributed by atoms with Gasteiger partial charge in [-0.25, -0.2) is 9.13 Å². The van der Waals surface area contributed by atoms with Crippen molar-refractivity contribution >= 4 is 39.5 Å². The van der Waals surface area contributed by atoms with Crippen LogP contribution in [0.1, 0.15) is 374 Å². The van der Waals surface area contributed by atoms with E-state index in [1.807, 2.05) is 12.2 Å². The maximum Gasteiger partial charge on any atom is 0.472 e. The van der Waals surface area contributed by atoms with Crippen molar-refractivity contribution in [3.63, 3.8) is 0 Å². The second kappa shape index (κ2) is 75.7. The van der Waals surface area contributed by atoms with Gasteiger partial charge in [0.2, 0.25) is 0 Å². The summed E-state index contributed by atoms with van der Waals surface area (Å²) in [4.78, 5) is 73.0. The molecular formula is C83H150O17P2. The van der Waals surface area contributed by atoms with Gasteiger partial charge in [0.15, 0.2) is 12.2 Å². The molecule has 0 bridgehead atoms. The quantitative estimate of drug-likeness (QED) is 0.0169. The first kappa shape index (κ1) is 98.5. The lowest BCUT2D eigenvalue weighted by molar-refractivity contribution is -0.161. The molecule has 3 N–H and O–H groups in total. The highest BCUT2D eigenvalue weighted by molar-refractivity contribution is 7.47. The third kappa shape index (κ3) is 74.8. The van der Waals surface area contributed by atoms with Crippen LogP contribution >= 0.6 is 15.6 Å². The Hall–Kier alpha value is -3.50. The second-order valence-corrected chi connectivity index (χ2v) is 30.6. The number of allylic oxidation sites excluding steroid dienone is 12. The van der Waals surface area contributed by atoms with Crippen LogP contribution in [0.15, 0.2) is 72.9 Å². The van der Waals surface area contributed by atoms with E-state index < -0.39 is 97.5 Å². The molecule has 0 rings (SSSR count). The molecule has 0 aliphatic rings. The van der Waals surface area contributed by atoms with Crippen molar-refractivity contribution in [3.8, 4) is 0 Å². The predicted octanol–water partition coefficient (Wildman–Crippen LogP) is 24.0. The first-order valence-electron chi connectivity index (χ1n) is 41.2. The summed E-state index contributed by atoms with van der Waals surface area (Å²) in [6, 6.07) is 0. The fourth-order valence-electron chi connectivity index (χ4n) is 11.3. The van der Waals surface area contributed by atoms with Gasteiger partial charge in [0.25, 0.3) is 0 Å². The molecule has 5 atom stereocenters. The molecule has 17 nitrogen and oxygen atoms in total. The third-order valence-corrected chi connectivity index (χ3v) is 19.5. The molecule has 0 aromatic heterocycles. The molecule has 0 radical (unpaired) electrons. The Balaban J connectivity index is 5.38. The molecule has 0 heterocycles. The van der Waals surface area contributed by atoms with Crippen LogP contribution in [0.25, 0.3) is 0 Å². The molecule has 0 aliphatic heterocycles. The van der Waals surface area contributed by atoms with E-state index in [1.165, 1.54) is 154 Å². The van der Waals surface area contributed by atoms with Crippen LogP contribution in [0, 0.1) is 0 Å². The van der Waals surface area contributed by atoms with Gasteiger partial charge in [0.1, 0.15) is 19.3 Å². The number of carbonyl (C=O) groups is 4. The summed E-state index contributed by atoms with van der Waals surface area (Å²) < 4.78 is 68.6. The Morgan fingerprint density at radius 3 is 0.814 bits per heavy atom. The van der Waals surface area contributed by atoms with E-state index in [2.05, 4.69) is 88.5 Å². The molecular weight excluding hydrogens is 1330 g/mol. The Kier molecular flexibility index (Phi) is 73.1. The highest BCUT2D eigenvalue weighted by Gasteiger charge is 2.30. The van der Waals surface area contributed by atoms with Gasteiger partial charge < -0.3 is 33.8 Å². The van der Waals surface area contributed by atoms with Crippen molar-refractivity contribution in [2.75, 3.05) is 39.6 Å². The molecule has 19 heteroatoms. The summed E-state index contributed by atoms with van der Waals surface area (Å²) in [6.45, 7) is 4.83. The molecule has 0 saturated carbocycles. The summed E-state index contributed by atoms with van der Waals surface area (Å²) in [5.41, 5.74) is 0. The highest BCUT2D eigenvalue weighted by atomic mass is 31.2. The van der Waals surface area contributed by atoms with Crippen molar-refractivity contribution in [2.45, 2.75) is 393 Å². The Bertz CT molecular complexity index is 2210. The lowest BCUT2D eigenvalue weighted by Crippen LogP contribution is -2.30. The van der Waals surface area contributed by atoms with Crippen LogP contribution < -0.4 is 0 Å². The highest BCUT2D eigenvalue weighted by Crippen LogP contribution is 2.45. The number of hydrogen-bond acceptors (Lipinski definition) is 15. The van der Waals surface area contributed by atoms with Gasteiger partial charge in [-0.2, -0.15) is 0 Å². The SMILES string of the molecule is CCCCC/C=C\C/C=C\C/C=C\C/C=C\CCCC(=O)O[C@H](COC(=O)CCCCCCCCCCCCCCCCC)COP(=O)(O)OC[C@H](O)COP(=O)(O)OC[C@@H](COC(=O)CCCCCCCCC/C=C\CCCCCC)OC(=O)CCCCCCCCC/C=C\CCCCCC. The summed E-state index contributed by atoms with van der Waals surface area (Å²) >= 11 is 0. The number of hydrogen-bond donors (Lipinski definition) is 3. The molecule has 0 aromatic carbocycles. The van der Waals surface area contributed by atoms with E-state index in [-0.39, 0.29) is 25.7 Å². The number of phosphoric acid groups is 2. The molecule has 0 fully saturated rings. The van der Waals surface area contributed by atoms with E-state index >= 15 is 0 Å². The number of ether oxygens (including phenoxy) is 4. The second-order valence-electron chi connectivity index (χ2n) is 27.7. The van der Waals surface area contributed by atoms with Crippen molar-refractivity contribution in [3.05, 3.63) is 72.9 Å². The summed E-state index contributed by atoms with van der Waals surface area (Å²) in [6.07, 6.45) is 77.3. The molecule has 0 aromatic rings. The normalized spacial score (nSPS) is 14.2. The van der Waals surface area contributed by atoms with Gasteiger partial charge in [0, 0.05) is 25.7 Å². The van der Waals surface area contributed by atoms with E-state index in [0.29, 0.717) is 32.1 Å². The van der Waals surface area contributed by atoms with Crippen LogP contribution in [0.2, 0.25) is 0 Å². The molecule has 594 valence electrons. The zero-order valence-corrected chi connectivity index (χ0v) is 66.8. The Morgan fingerprint density at radius 2 is 0.490 bits per heavy atom. The van der Waals surface area contributed by atoms with E-state index in [9.17, 15) is 43.2 Å². The summed E-state index contributed by atoms with van der Waals surface area (Å²) in [7, 11) is -9.96. The Morgan fingerprint density at radius 1 is 0.275 bits per heavy atom. The van der Waals surface area contributed by atoms with E-state index in [4.69, 9.17) is 37.0 Å². The lowest BCUT2D eigenvalue weighted by Gasteiger charge is -2.21. The molecule has 0 amide bonds. The van der Waals surface area contributed by atoms with Gasteiger partial charge >= 0.3 is 39.5 Å². The minimum absolute atomic E-state index is 0.0234. The number of unbranched alkanes of at least 4 members (excludes halogenated alkanes) is 40. The van der Waals surface area contributed by atoms with Crippen LogP contribution in [-0.2, 0) is 65.4 Å². The van der Waals surface area contributed by atoms with Crippen LogP contribution in [0.3, 0.4) is 0 Å². The zero-order valence-electron chi connectivity index (χ0n) is 65.0. The van der Waals surface area contributed by atoms with E-state index in [0.717, 1.165) is 135 Å². The van der Waals surface area contributed by atoms with E-state index in [1.54, 1.807) is 0 Å². The molecule has 0 spiro atoms. The smallest absolute Gasteiger partial charge is 0.462 e. The van der Waals surface area contributed by atoms with Crippen LogP contribution in [-0.4, -0.2) is 96.7 Å². The van der Waals surface area contributed by atoms with Gasteiger partial charge in [-0.05, 0) is 116 Å². The first-order valence-corrected chi connectivity index (χ1v) is 44.2. The van der Waals surface area contributed by atoms with Crippen molar-refractivity contribution in [1.29, 1.82) is 0 Å². The standard InChI is InChI=1S/C83H150O17P2/c1-5-9-13-17-21-25-29-33-37-38-42-46-50-54-58-62-66-70-83(88)100-79(74-94-81(86)68-64-60-56-52-48-44-40-35-31-27-23-19-15-11-7-3)76-98-102(91,92)96-72-77(84)71-95-101(89,90)97-75-78(99-82(87)69-65-61-57-53-49-45-41-36-32-28-24-20-16-12-8-4)73-93-80(85)67-63-59-55-51-47-43-39-34-30-26-22-18-14-10-6-2/h21,25-26,28,30,32-33,37,42,46,54,58,77-79,84H,5-20,22-24,27,29,31,34-36,38-41,43-45,47-53,55-57,59-76H2,1-4H3,(H,89,90)(H,91,92)/b25-21-,30-26-,32-28-,37-33-,46-42-,58-54-/t77-,78-,79-/m1/s1. The number of aliphatic hydroxyl groups is 1. The van der Waals surface area contributed by atoms with Crippen molar-refractivity contribution in [1.82, 2.24) is 0 Å². The van der Waals surface area contributed by atoms with Crippen molar-refractivity contribution in [2.24, 2.45) is 0 Å². The van der Waals surface area contributed by atoms with Crippen LogP contribution in [0.5, 0.6) is 0 Å². The number of carbonyl (C=O) groups excluding carboxylic acids is 4. The molecule has 102 heavy (non-hydrogen) atoms. The fraction of sp³-hybridized carbons (Fsp3) is 0.807. The minimum Gasteiger partial charge on any atom is -0.462 e. The zero-order chi connectivity index (χ0) is 74.6. The predicted molar refractivity (Wildman–Crippen MR) is 418 cm³/mol. The van der Waals surface area contributed by atoms with Gasteiger partial charge in [-0.1, -0.05) is 306 Å². The largest absolute Gasteiger partial charge is 0.472 e. The minimum atomic E-state index is -4.99. The lowest BCUT2D eigenvalue weighted by atomic mass is 10.0. The Labute approximate surface area is 622 Å². The van der Waals surface area contributed by atoms with Crippen LogP contribution in [0.4, 0.5) is 0 Å². The van der Waals surface area contributed by atoms with Gasteiger partial charge in [-0.3, -0.25) is 37.3 Å². The third-order valence-electron chi connectivity index (χ3n) is 17.6. The number of phosphoric ester groups is 2. The molecule has 0 saturated heterocycles. The maximum absolute atomic E-state index is 13.1. The maximum atomic E-state index is 13.1.